The number of fused-ring (bicyclic) bond motifs is 2. The summed E-state index contributed by atoms with van der Waals surface area (Å²) in [5.41, 5.74) is -0.923. The third kappa shape index (κ3) is 2.09. The minimum absolute atomic E-state index is 0.435. The zero-order valence-corrected chi connectivity index (χ0v) is 8.56. The molecule has 1 nitrogen and oxygen atoms in total. The predicted molar refractivity (Wildman–Crippen MR) is 55.7 cm³/mol. The van der Waals surface area contributed by atoms with E-state index in [2.05, 4.69) is 11.2 Å². The Morgan fingerprint density at radius 3 is 2.57 bits per heavy atom. The molecule has 2 aliphatic rings. The second-order valence-electron chi connectivity index (χ2n) is 4.75. The van der Waals surface area contributed by atoms with Gasteiger partial charge in [0, 0.05) is 18.5 Å². The van der Waals surface area contributed by atoms with Gasteiger partial charge in [0.25, 0.3) is 0 Å². The number of terminal acetylenes is 1. The highest BCUT2D eigenvalue weighted by Crippen LogP contribution is 2.39. The minimum atomic E-state index is -0.923. The molecule has 0 aromatic rings. The zero-order valence-electron chi connectivity index (χ0n) is 8.56. The molecule has 1 N–H and O–H groups in total. The summed E-state index contributed by atoms with van der Waals surface area (Å²) in [5, 5.41) is 3.46. The van der Waals surface area contributed by atoms with Crippen molar-refractivity contribution in [3.05, 3.63) is 0 Å². The summed E-state index contributed by atoms with van der Waals surface area (Å²) in [6, 6.07) is 0.870. The second kappa shape index (κ2) is 3.90. The number of piperidine rings is 1. The van der Waals surface area contributed by atoms with E-state index >= 15 is 0 Å². The zero-order chi connectivity index (χ0) is 10.0. The van der Waals surface area contributed by atoms with Crippen LogP contribution in [0.15, 0.2) is 0 Å². The molecule has 0 spiro atoms. The van der Waals surface area contributed by atoms with Crippen LogP contribution < -0.4 is 5.32 Å². The van der Waals surface area contributed by atoms with E-state index in [-0.39, 0.29) is 0 Å². The first-order valence-corrected chi connectivity index (χ1v) is 5.60. The molecule has 2 unspecified atom stereocenters. The van der Waals surface area contributed by atoms with Crippen LogP contribution in [-0.2, 0) is 0 Å². The maximum Gasteiger partial charge on any atom is 0.114 e. The van der Waals surface area contributed by atoms with Crippen LogP contribution in [0.3, 0.4) is 0 Å². The summed E-state index contributed by atoms with van der Waals surface area (Å²) in [7, 11) is 0. The number of halogens is 1. The van der Waals surface area contributed by atoms with E-state index in [1.807, 2.05) is 0 Å². The molecular weight excluding hydrogens is 177 g/mol. The molecule has 2 heterocycles. The van der Waals surface area contributed by atoms with Crippen molar-refractivity contribution >= 4 is 0 Å². The molecule has 2 heteroatoms. The quantitative estimate of drug-likeness (QED) is 0.538. The monoisotopic (exact) mass is 195 g/mol. The number of nitrogens with one attached hydrogen (secondary N) is 1. The SMILES string of the molecule is C#CCCCC1(F)CC2CCC(C1)N2. The van der Waals surface area contributed by atoms with Crippen LogP contribution in [0.25, 0.3) is 0 Å². The molecule has 0 aromatic heterocycles. The van der Waals surface area contributed by atoms with Gasteiger partial charge in [-0.1, -0.05) is 0 Å². The molecule has 2 saturated heterocycles. The van der Waals surface area contributed by atoms with E-state index < -0.39 is 5.67 Å². The van der Waals surface area contributed by atoms with Gasteiger partial charge >= 0.3 is 0 Å². The third-order valence-corrected chi connectivity index (χ3v) is 3.51. The van der Waals surface area contributed by atoms with Crippen LogP contribution in [0, 0.1) is 12.3 Å². The van der Waals surface area contributed by atoms with Crippen LogP contribution in [-0.4, -0.2) is 17.8 Å². The van der Waals surface area contributed by atoms with Gasteiger partial charge in [0.05, 0.1) is 0 Å². The molecule has 14 heavy (non-hydrogen) atoms. The lowest BCUT2D eigenvalue weighted by Gasteiger charge is -2.34. The van der Waals surface area contributed by atoms with Gasteiger partial charge in [-0.05, 0) is 38.5 Å². The van der Waals surface area contributed by atoms with Gasteiger partial charge in [-0.25, -0.2) is 4.39 Å². The Bertz CT molecular complexity index is 231. The molecular formula is C12H18FN. The largest absolute Gasteiger partial charge is 0.311 e. The highest BCUT2D eigenvalue weighted by molar-refractivity contribution is 5.00. The van der Waals surface area contributed by atoms with Crippen LogP contribution >= 0.6 is 0 Å². The first-order chi connectivity index (χ1) is 6.72. The lowest BCUT2D eigenvalue weighted by atomic mass is 9.85. The summed E-state index contributed by atoms with van der Waals surface area (Å²) in [6.45, 7) is 0. The van der Waals surface area contributed by atoms with E-state index in [1.54, 1.807) is 0 Å². The summed E-state index contributed by atoms with van der Waals surface area (Å²) < 4.78 is 14.3. The van der Waals surface area contributed by atoms with Crippen molar-refractivity contribution in [3.63, 3.8) is 0 Å². The van der Waals surface area contributed by atoms with Gasteiger partial charge < -0.3 is 5.32 Å². The van der Waals surface area contributed by atoms with Gasteiger partial charge in [0.2, 0.25) is 0 Å². The van der Waals surface area contributed by atoms with Crippen LogP contribution in [0.5, 0.6) is 0 Å². The van der Waals surface area contributed by atoms with Gasteiger partial charge in [-0.15, -0.1) is 12.3 Å². The molecule has 78 valence electrons. The molecule has 2 rings (SSSR count). The minimum Gasteiger partial charge on any atom is -0.311 e. The van der Waals surface area contributed by atoms with Crippen molar-refractivity contribution in [2.45, 2.75) is 62.7 Å². The number of hydrogen-bond acceptors (Lipinski definition) is 1. The summed E-state index contributed by atoms with van der Waals surface area (Å²) in [5.74, 6) is 2.58. The Balaban J connectivity index is 1.86. The number of unbranched alkanes of at least 4 members (excludes halogenated alkanes) is 1. The van der Waals surface area contributed by atoms with E-state index in [1.165, 1.54) is 0 Å². The Labute approximate surface area is 85.5 Å². The highest BCUT2D eigenvalue weighted by atomic mass is 19.1. The fourth-order valence-electron chi connectivity index (χ4n) is 2.90. The normalized spacial score (nSPS) is 40.9. The molecule has 0 radical (unpaired) electrons. The van der Waals surface area contributed by atoms with Gasteiger partial charge in [0.15, 0.2) is 0 Å². The van der Waals surface area contributed by atoms with E-state index in [0.717, 1.165) is 19.3 Å². The molecule has 0 amide bonds. The topological polar surface area (TPSA) is 12.0 Å². The summed E-state index contributed by atoms with van der Waals surface area (Å²) in [4.78, 5) is 0. The average molecular weight is 195 g/mol. The average Bonchev–Trinajstić information content (AvgIpc) is 2.46. The second-order valence-corrected chi connectivity index (χ2v) is 4.75. The van der Waals surface area contributed by atoms with Crippen molar-refractivity contribution in [1.82, 2.24) is 5.32 Å². The van der Waals surface area contributed by atoms with Crippen molar-refractivity contribution < 1.29 is 4.39 Å². The molecule has 0 aromatic carbocycles. The van der Waals surface area contributed by atoms with E-state index in [0.29, 0.717) is 37.8 Å². The predicted octanol–water partition coefficient (Wildman–Crippen LogP) is 2.41. The van der Waals surface area contributed by atoms with Crippen LogP contribution in [0.4, 0.5) is 4.39 Å². The lowest BCUT2D eigenvalue weighted by molar-refractivity contribution is 0.0776. The molecule has 0 aliphatic carbocycles. The number of rotatable bonds is 3. The fraction of sp³-hybridized carbons (Fsp3) is 0.833. The molecule has 2 fully saturated rings. The van der Waals surface area contributed by atoms with Crippen molar-refractivity contribution in [3.8, 4) is 12.3 Å². The van der Waals surface area contributed by atoms with Crippen LogP contribution in [0.1, 0.15) is 44.9 Å². The van der Waals surface area contributed by atoms with Crippen LogP contribution in [0.2, 0.25) is 0 Å². The summed E-state index contributed by atoms with van der Waals surface area (Å²) in [6.07, 6.45) is 11.1. The molecule has 2 aliphatic heterocycles. The Hall–Kier alpha value is -0.550. The smallest absolute Gasteiger partial charge is 0.114 e. The summed E-state index contributed by atoms with van der Waals surface area (Å²) >= 11 is 0. The number of hydrogen-bond donors (Lipinski definition) is 1. The first-order valence-electron chi connectivity index (χ1n) is 5.60. The first kappa shape index (κ1) is 9.98. The van der Waals surface area contributed by atoms with Crippen molar-refractivity contribution in [2.75, 3.05) is 0 Å². The molecule has 2 bridgehead atoms. The molecule has 2 atom stereocenters. The standard InChI is InChI=1S/C12H18FN/c1-2-3-4-7-12(13)8-10-5-6-11(9-12)14-10/h1,10-11,14H,3-9H2. The van der Waals surface area contributed by atoms with Crippen molar-refractivity contribution in [2.24, 2.45) is 0 Å². The maximum absolute atomic E-state index is 14.3. The van der Waals surface area contributed by atoms with E-state index in [4.69, 9.17) is 6.42 Å². The van der Waals surface area contributed by atoms with Crippen molar-refractivity contribution in [1.29, 1.82) is 0 Å². The Morgan fingerprint density at radius 1 is 1.36 bits per heavy atom. The van der Waals surface area contributed by atoms with E-state index in [9.17, 15) is 4.39 Å². The van der Waals surface area contributed by atoms with Gasteiger partial charge in [-0.2, -0.15) is 0 Å². The van der Waals surface area contributed by atoms with Gasteiger partial charge in [0.1, 0.15) is 5.67 Å². The lowest BCUT2D eigenvalue weighted by Crippen LogP contribution is -2.46. The van der Waals surface area contributed by atoms with Gasteiger partial charge in [-0.3, -0.25) is 0 Å². The Morgan fingerprint density at radius 2 is 2.00 bits per heavy atom. The fourth-order valence-corrected chi connectivity index (χ4v) is 2.90. The Kier molecular flexibility index (Phi) is 2.78. The highest BCUT2D eigenvalue weighted by Gasteiger charge is 2.43. The number of alkyl halides is 1. The maximum atomic E-state index is 14.3. The molecule has 0 saturated carbocycles. The third-order valence-electron chi connectivity index (χ3n) is 3.51.